The molecule has 0 bridgehead atoms. The van der Waals surface area contributed by atoms with Crippen molar-refractivity contribution in [3.63, 3.8) is 0 Å². The molecule has 0 aromatic heterocycles. The van der Waals surface area contributed by atoms with Crippen molar-refractivity contribution < 1.29 is 5.11 Å². The van der Waals surface area contributed by atoms with E-state index < -0.39 is 0 Å². The van der Waals surface area contributed by atoms with Crippen LogP contribution in [-0.2, 0) is 0 Å². The predicted molar refractivity (Wildman–Crippen MR) is 44.8 cm³/mol. The average Bonchev–Trinajstić information content (AvgIpc) is 2.15. The van der Waals surface area contributed by atoms with E-state index in [2.05, 4.69) is 5.32 Å². The molecular formula is C8H16N2O. The first-order chi connectivity index (χ1) is 5.33. The number of aliphatic hydroxyl groups excluding tert-OH is 1. The van der Waals surface area contributed by atoms with Crippen molar-refractivity contribution in [3.05, 3.63) is 0 Å². The van der Waals surface area contributed by atoms with Crippen molar-refractivity contribution in [1.29, 1.82) is 5.41 Å². The SMILES string of the molecule is N=C1CCCCC(CCO)N1. The Balaban J connectivity index is 2.33. The fourth-order valence-corrected chi connectivity index (χ4v) is 1.46. The van der Waals surface area contributed by atoms with Crippen LogP contribution in [0.25, 0.3) is 0 Å². The molecule has 1 fully saturated rings. The molecule has 0 spiro atoms. The summed E-state index contributed by atoms with van der Waals surface area (Å²) in [5, 5.41) is 19.2. The van der Waals surface area contributed by atoms with Gasteiger partial charge in [0.25, 0.3) is 0 Å². The summed E-state index contributed by atoms with van der Waals surface area (Å²) in [5.74, 6) is 0.640. The number of rotatable bonds is 2. The third-order valence-corrected chi connectivity index (χ3v) is 2.09. The van der Waals surface area contributed by atoms with Gasteiger partial charge < -0.3 is 10.4 Å². The highest BCUT2D eigenvalue weighted by atomic mass is 16.3. The van der Waals surface area contributed by atoms with Gasteiger partial charge in [-0.15, -0.1) is 0 Å². The first-order valence-electron chi connectivity index (χ1n) is 4.27. The molecule has 1 saturated heterocycles. The minimum absolute atomic E-state index is 0.227. The molecule has 0 amide bonds. The number of nitrogens with one attached hydrogen (secondary N) is 2. The molecule has 1 aliphatic rings. The van der Waals surface area contributed by atoms with E-state index >= 15 is 0 Å². The van der Waals surface area contributed by atoms with Gasteiger partial charge in [0.2, 0.25) is 0 Å². The van der Waals surface area contributed by atoms with E-state index in [9.17, 15) is 0 Å². The van der Waals surface area contributed by atoms with Gasteiger partial charge in [0, 0.05) is 19.1 Å². The van der Waals surface area contributed by atoms with Crippen LogP contribution in [0.5, 0.6) is 0 Å². The molecule has 0 aromatic carbocycles. The maximum absolute atomic E-state index is 8.69. The zero-order chi connectivity index (χ0) is 8.10. The molecule has 64 valence electrons. The molecule has 1 aliphatic heterocycles. The van der Waals surface area contributed by atoms with Crippen LogP contribution >= 0.6 is 0 Å². The fraction of sp³-hybridized carbons (Fsp3) is 0.875. The van der Waals surface area contributed by atoms with E-state index in [1.54, 1.807) is 0 Å². The third kappa shape index (κ3) is 2.89. The van der Waals surface area contributed by atoms with Crippen molar-refractivity contribution in [2.75, 3.05) is 6.61 Å². The summed E-state index contributed by atoms with van der Waals surface area (Å²) in [6, 6.07) is 0.343. The molecule has 1 unspecified atom stereocenters. The smallest absolute Gasteiger partial charge is 0.0933 e. The van der Waals surface area contributed by atoms with Crippen LogP contribution in [-0.4, -0.2) is 23.6 Å². The lowest BCUT2D eigenvalue weighted by molar-refractivity contribution is 0.268. The Bertz CT molecular complexity index is 136. The topological polar surface area (TPSA) is 56.1 Å². The second-order valence-corrected chi connectivity index (χ2v) is 3.08. The molecule has 1 rings (SSSR count). The molecule has 1 atom stereocenters. The van der Waals surface area contributed by atoms with E-state index in [4.69, 9.17) is 10.5 Å². The van der Waals surface area contributed by atoms with E-state index in [1.165, 1.54) is 6.42 Å². The van der Waals surface area contributed by atoms with Gasteiger partial charge in [-0.1, -0.05) is 6.42 Å². The molecule has 0 aliphatic carbocycles. The lowest BCUT2D eigenvalue weighted by Crippen LogP contribution is -2.32. The van der Waals surface area contributed by atoms with Gasteiger partial charge in [-0.3, -0.25) is 5.41 Å². The summed E-state index contributed by atoms with van der Waals surface area (Å²) in [5.41, 5.74) is 0. The Morgan fingerprint density at radius 2 is 2.36 bits per heavy atom. The quantitative estimate of drug-likeness (QED) is 0.556. The van der Waals surface area contributed by atoms with Gasteiger partial charge in [-0.2, -0.15) is 0 Å². The van der Waals surface area contributed by atoms with E-state index in [1.807, 2.05) is 0 Å². The molecule has 3 nitrogen and oxygen atoms in total. The summed E-state index contributed by atoms with van der Waals surface area (Å²) < 4.78 is 0. The second-order valence-electron chi connectivity index (χ2n) is 3.08. The van der Waals surface area contributed by atoms with Gasteiger partial charge in [0.15, 0.2) is 0 Å². The summed E-state index contributed by atoms with van der Waals surface area (Å²) in [4.78, 5) is 0. The van der Waals surface area contributed by atoms with Crippen LogP contribution in [0.1, 0.15) is 32.1 Å². The maximum Gasteiger partial charge on any atom is 0.0933 e. The van der Waals surface area contributed by atoms with Crippen LogP contribution in [0.4, 0.5) is 0 Å². The lowest BCUT2D eigenvalue weighted by Gasteiger charge is -2.14. The summed E-state index contributed by atoms with van der Waals surface area (Å²) in [6.07, 6.45) is 5.06. The molecule has 1 heterocycles. The summed E-state index contributed by atoms with van der Waals surface area (Å²) in [6.45, 7) is 0.227. The number of amidine groups is 1. The Labute approximate surface area is 67.3 Å². The van der Waals surface area contributed by atoms with Gasteiger partial charge in [0.05, 0.1) is 5.84 Å². The van der Waals surface area contributed by atoms with E-state index in [0.717, 1.165) is 25.7 Å². The second kappa shape index (κ2) is 4.34. The zero-order valence-electron chi connectivity index (χ0n) is 6.77. The van der Waals surface area contributed by atoms with Crippen LogP contribution < -0.4 is 5.32 Å². The van der Waals surface area contributed by atoms with Gasteiger partial charge in [-0.05, 0) is 19.3 Å². The molecule has 3 N–H and O–H groups in total. The minimum atomic E-state index is 0.227. The Kier molecular flexibility index (Phi) is 3.36. The lowest BCUT2D eigenvalue weighted by atomic mass is 10.1. The van der Waals surface area contributed by atoms with Crippen LogP contribution in [0.2, 0.25) is 0 Å². The van der Waals surface area contributed by atoms with Crippen molar-refractivity contribution in [3.8, 4) is 0 Å². The normalized spacial score (nSPS) is 25.9. The first kappa shape index (κ1) is 8.53. The summed E-state index contributed by atoms with van der Waals surface area (Å²) >= 11 is 0. The molecule has 0 saturated carbocycles. The first-order valence-corrected chi connectivity index (χ1v) is 4.27. The van der Waals surface area contributed by atoms with Crippen molar-refractivity contribution in [2.45, 2.75) is 38.1 Å². The van der Waals surface area contributed by atoms with Gasteiger partial charge >= 0.3 is 0 Å². The minimum Gasteiger partial charge on any atom is -0.396 e. The Morgan fingerprint density at radius 3 is 3.09 bits per heavy atom. The molecule has 11 heavy (non-hydrogen) atoms. The monoisotopic (exact) mass is 156 g/mol. The molecule has 3 heteroatoms. The molecular weight excluding hydrogens is 140 g/mol. The van der Waals surface area contributed by atoms with Crippen molar-refractivity contribution in [1.82, 2.24) is 5.32 Å². The Morgan fingerprint density at radius 1 is 1.55 bits per heavy atom. The van der Waals surface area contributed by atoms with Crippen LogP contribution in [0, 0.1) is 5.41 Å². The van der Waals surface area contributed by atoms with Crippen molar-refractivity contribution >= 4 is 5.84 Å². The van der Waals surface area contributed by atoms with E-state index in [0.29, 0.717) is 11.9 Å². The number of aliphatic hydroxyl groups is 1. The van der Waals surface area contributed by atoms with Crippen LogP contribution in [0.3, 0.4) is 0 Å². The zero-order valence-corrected chi connectivity index (χ0v) is 6.77. The van der Waals surface area contributed by atoms with Gasteiger partial charge in [0.1, 0.15) is 0 Å². The maximum atomic E-state index is 8.69. The van der Waals surface area contributed by atoms with Crippen molar-refractivity contribution in [2.24, 2.45) is 0 Å². The summed E-state index contributed by atoms with van der Waals surface area (Å²) in [7, 11) is 0. The molecule has 0 radical (unpaired) electrons. The highest BCUT2D eigenvalue weighted by Gasteiger charge is 2.12. The number of hydrogen-bond acceptors (Lipinski definition) is 2. The van der Waals surface area contributed by atoms with Crippen LogP contribution in [0.15, 0.2) is 0 Å². The highest BCUT2D eigenvalue weighted by molar-refractivity contribution is 5.79. The fourth-order valence-electron chi connectivity index (χ4n) is 1.46. The number of hydrogen-bond donors (Lipinski definition) is 3. The average molecular weight is 156 g/mol. The molecule has 0 aromatic rings. The largest absolute Gasteiger partial charge is 0.396 e. The van der Waals surface area contributed by atoms with Gasteiger partial charge in [-0.25, -0.2) is 0 Å². The van der Waals surface area contributed by atoms with E-state index in [-0.39, 0.29) is 6.61 Å². The standard InChI is InChI=1S/C8H16N2O/c9-8-4-2-1-3-7(10-8)5-6-11/h7,11H,1-6H2,(H2,9,10). The predicted octanol–water partition coefficient (Wildman–Crippen LogP) is 0.878. The Hall–Kier alpha value is -0.570. The third-order valence-electron chi connectivity index (χ3n) is 2.09. The highest BCUT2D eigenvalue weighted by Crippen LogP contribution is 2.11.